The highest BCUT2D eigenvalue weighted by atomic mass is 32.2. The Bertz CT molecular complexity index is 3790. The predicted octanol–water partition coefficient (Wildman–Crippen LogP) is 14.7. The van der Waals surface area contributed by atoms with Gasteiger partial charge < -0.3 is 55.8 Å². The highest BCUT2D eigenvalue weighted by Crippen LogP contribution is 2.23. The van der Waals surface area contributed by atoms with Crippen molar-refractivity contribution in [1.29, 1.82) is 0 Å². The molecule has 8 rings (SSSR count). The Balaban J connectivity index is 0.000000258. The average molecular weight is 1430 g/mol. The minimum Gasteiger partial charge on any atom is -0.465 e. The molecule has 0 spiro atoms. The Morgan fingerprint density at radius 1 is 0.471 bits per heavy atom. The van der Waals surface area contributed by atoms with E-state index in [0.29, 0.717) is 92.2 Å². The zero-order valence-electron chi connectivity index (χ0n) is 59.4. The summed E-state index contributed by atoms with van der Waals surface area (Å²) in [6.07, 6.45) is 18.1. The largest absolute Gasteiger partial charge is 0.465 e. The normalized spacial score (nSPS) is 11.0. The zero-order valence-corrected chi connectivity index (χ0v) is 61.0. The Morgan fingerprint density at radius 2 is 0.892 bits per heavy atom. The number of rotatable bonds is 44. The SMILES string of the molecule is CNCCCCCCC(=O)Nc1cc(C(=O)NCCCCCC(=O)OCCSCc2ccc(N=Nc3ccccc3)cc2)n(C)c1.CNCCCCCCC(=O)On1nnc2ccccc21.Cn1cc(N)cc1C(=O)NCCCCCC(=O)OCCSCc1ccc(N=Nc2ccccc2)cc1. The molecule has 102 heavy (non-hydrogen) atoms. The monoisotopic (exact) mass is 1430 g/mol. The number of carbonyl (C=O) groups excluding carboxylic acids is 6. The fourth-order valence-electron chi connectivity index (χ4n) is 10.0. The zero-order chi connectivity index (χ0) is 72.6. The van der Waals surface area contributed by atoms with E-state index in [0.717, 1.165) is 142 Å². The lowest BCUT2D eigenvalue weighted by Crippen LogP contribution is -2.26. The van der Waals surface area contributed by atoms with Crippen LogP contribution >= 0.6 is 23.5 Å². The number of ether oxygens (including phenoxy) is 2. The van der Waals surface area contributed by atoms with Gasteiger partial charge in [0.2, 0.25) is 5.91 Å². The van der Waals surface area contributed by atoms with Crippen molar-refractivity contribution in [2.45, 2.75) is 127 Å². The van der Waals surface area contributed by atoms with Gasteiger partial charge in [-0.15, -0.1) is 5.10 Å². The molecule has 0 radical (unpaired) electrons. The molecular weight excluding hydrogens is 1330 g/mol. The molecule has 0 aliphatic heterocycles. The minimum atomic E-state index is -0.269. The van der Waals surface area contributed by atoms with E-state index in [9.17, 15) is 28.8 Å². The van der Waals surface area contributed by atoms with E-state index in [1.165, 1.54) is 16.0 Å². The van der Waals surface area contributed by atoms with Gasteiger partial charge in [-0.1, -0.05) is 116 Å². The van der Waals surface area contributed by atoms with E-state index < -0.39 is 0 Å². The third-order valence-corrected chi connectivity index (χ3v) is 17.6. The minimum absolute atomic E-state index is 0.0337. The van der Waals surface area contributed by atoms with Crippen LogP contribution in [0, 0.1) is 0 Å². The molecule has 0 unspecified atom stereocenters. The van der Waals surface area contributed by atoms with E-state index in [2.05, 4.69) is 57.4 Å². The molecule has 3 amide bonds. The lowest BCUT2D eigenvalue weighted by atomic mass is 10.1. The Hall–Kier alpha value is -9.50. The number of unbranched alkanes of at least 4 members (excludes halogenated alkanes) is 10. The first-order valence-electron chi connectivity index (χ1n) is 35.1. The number of nitrogens with one attached hydrogen (secondary N) is 5. The molecule has 3 aromatic heterocycles. The molecule has 8 aromatic rings. The highest BCUT2D eigenvalue weighted by Gasteiger charge is 2.15. The first kappa shape index (κ1) is 81.5. The second-order valence-corrected chi connectivity index (χ2v) is 26.3. The number of fused-ring (bicyclic) bond motifs is 1. The van der Waals surface area contributed by atoms with Crippen LogP contribution in [0.5, 0.6) is 0 Å². The number of para-hydroxylation sites is 1. The number of esters is 2. The quantitative estimate of drug-likeness (QED) is 0.00895. The van der Waals surface area contributed by atoms with E-state index in [1.54, 1.807) is 71.3 Å². The summed E-state index contributed by atoms with van der Waals surface area (Å²) in [7, 11) is 7.46. The number of anilines is 2. The summed E-state index contributed by atoms with van der Waals surface area (Å²) in [6.45, 7) is 3.89. The maximum Gasteiger partial charge on any atom is 0.335 e. The van der Waals surface area contributed by atoms with Gasteiger partial charge in [0, 0.05) is 88.3 Å². The summed E-state index contributed by atoms with van der Waals surface area (Å²) >= 11 is 3.44. The van der Waals surface area contributed by atoms with Crippen molar-refractivity contribution in [2.75, 3.05) is 76.0 Å². The van der Waals surface area contributed by atoms with Gasteiger partial charge in [-0.3, -0.25) is 24.0 Å². The number of nitrogens with zero attached hydrogens (tertiary/aromatic N) is 9. The average Bonchev–Trinajstić information content (AvgIpc) is 1.70. The number of aryl methyl sites for hydroxylation is 2. The van der Waals surface area contributed by atoms with Crippen LogP contribution in [0.3, 0.4) is 0 Å². The Labute approximate surface area is 607 Å². The van der Waals surface area contributed by atoms with Crippen molar-refractivity contribution in [3.8, 4) is 0 Å². The lowest BCUT2D eigenvalue weighted by molar-refractivity contribution is -0.146. The molecular formula is C76H101N15O9S2. The molecule has 3 heterocycles. The van der Waals surface area contributed by atoms with Gasteiger partial charge in [-0.25, -0.2) is 4.79 Å². The Morgan fingerprint density at radius 3 is 1.38 bits per heavy atom. The summed E-state index contributed by atoms with van der Waals surface area (Å²) in [5.74, 6) is 2.15. The van der Waals surface area contributed by atoms with Crippen LogP contribution in [-0.2, 0) is 54.3 Å². The fourth-order valence-corrected chi connectivity index (χ4v) is 11.6. The number of nitrogen functional groups attached to an aromatic ring is 1. The third-order valence-electron chi connectivity index (χ3n) is 15.6. The highest BCUT2D eigenvalue weighted by molar-refractivity contribution is 7.98. The molecule has 0 saturated carbocycles. The van der Waals surface area contributed by atoms with E-state index in [4.69, 9.17) is 20.0 Å². The van der Waals surface area contributed by atoms with Gasteiger partial charge >= 0.3 is 17.9 Å². The number of hydrogen-bond donors (Lipinski definition) is 6. The van der Waals surface area contributed by atoms with Crippen LogP contribution in [0.1, 0.15) is 148 Å². The van der Waals surface area contributed by atoms with E-state index >= 15 is 0 Å². The molecule has 0 saturated heterocycles. The number of thioether (sulfide) groups is 2. The van der Waals surface area contributed by atoms with Crippen molar-refractivity contribution < 1.29 is 43.1 Å². The summed E-state index contributed by atoms with van der Waals surface area (Å²) in [4.78, 5) is 79.0. The van der Waals surface area contributed by atoms with Crippen LogP contribution in [0.2, 0.25) is 0 Å². The second kappa shape index (κ2) is 49.1. The predicted molar refractivity (Wildman–Crippen MR) is 407 cm³/mol. The van der Waals surface area contributed by atoms with Gasteiger partial charge in [0.05, 0.1) is 34.1 Å². The summed E-state index contributed by atoms with van der Waals surface area (Å²) in [5, 5.41) is 39.6. The lowest BCUT2D eigenvalue weighted by Gasteiger charge is -2.07. The van der Waals surface area contributed by atoms with Crippen molar-refractivity contribution in [3.05, 3.63) is 181 Å². The van der Waals surface area contributed by atoms with Crippen molar-refractivity contribution in [1.82, 2.24) is 45.6 Å². The maximum atomic E-state index is 12.6. The number of azo groups is 2. The van der Waals surface area contributed by atoms with Gasteiger partial charge in [0.1, 0.15) is 35.6 Å². The van der Waals surface area contributed by atoms with Crippen LogP contribution in [0.15, 0.2) is 178 Å². The third kappa shape index (κ3) is 33.8. The van der Waals surface area contributed by atoms with Crippen molar-refractivity contribution >= 4 is 104 Å². The number of aromatic nitrogens is 5. The van der Waals surface area contributed by atoms with Gasteiger partial charge in [-0.2, -0.15) is 44.0 Å². The standard InChI is InChI=1S/C35H48N6O4S.C27H33N5O3S.C14H20N4O2/c1-36-21-11-4-3-9-15-33(42)38-31-25-32(41(2)26-31)35(44)37-22-12-6-10-16-34(43)45-23-24-46-27-28-17-19-30(20-18-28)40-39-29-13-7-5-8-14-29;1-32-19-22(28)18-25(32)27(34)29-15-7-3-6-10-26(33)35-16-17-36-20-21-11-13-24(14-12-21)31-30-23-8-4-2-5-9-23;1-15-11-7-3-2-4-10-14(19)20-18-13-9-6-5-8-12(13)16-17-18/h5,7-8,13-14,17-20,25-26,36H,3-4,6,9-12,15-16,21-24,27H2,1-2H3,(H,37,44)(H,38,42);2,4-5,8-9,11-14,18-19H,3,6-7,10,15-17,20,28H2,1H3,(H,29,34);5-6,8-9,15H,2-4,7,10-11H2,1H3. The molecule has 5 aromatic carbocycles. The number of nitrogens with two attached hydrogens (primary N) is 1. The second-order valence-electron chi connectivity index (χ2n) is 24.1. The van der Waals surface area contributed by atoms with Crippen LogP contribution in [0.4, 0.5) is 34.1 Å². The summed E-state index contributed by atoms with van der Waals surface area (Å²) in [6, 6.07) is 45.9. The van der Waals surface area contributed by atoms with Crippen LogP contribution in [-0.4, -0.2) is 125 Å². The molecule has 24 nitrogen and oxygen atoms in total. The maximum absolute atomic E-state index is 12.6. The molecule has 0 atom stereocenters. The smallest absolute Gasteiger partial charge is 0.335 e. The van der Waals surface area contributed by atoms with E-state index in [-0.39, 0.29) is 35.6 Å². The van der Waals surface area contributed by atoms with Crippen LogP contribution in [0.25, 0.3) is 11.0 Å². The van der Waals surface area contributed by atoms with Gasteiger partial charge in [-0.05, 0) is 168 Å². The summed E-state index contributed by atoms with van der Waals surface area (Å²) < 4.78 is 14.1. The molecule has 0 aliphatic rings. The molecule has 7 N–H and O–H groups in total. The van der Waals surface area contributed by atoms with Crippen LogP contribution < -0.4 is 37.2 Å². The number of hydrogen-bond acceptors (Lipinski definition) is 20. The van der Waals surface area contributed by atoms with Gasteiger partial charge in [0.15, 0.2) is 0 Å². The molecule has 546 valence electrons. The van der Waals surface area contributed by atoms with Gasteiger partial charge in [0.25, 0.3) is 11.8 Å². The Kier molecular flexibility index (Phi) is 39.2. The van der Waals surface area contributed by atoms with Crippen molar-refractivity contribution in [3.63, 3.8) is 0 Å². The first-order chi connectivity index (χ1) is 49.8. The van der Waals surface area contributed by atoms with Crippen molar-refractivity contribution in [2.24, 2.45) is 34.6 Å². The molecule has 0 aliphatic carbocycles. The summed E-state index contributed by atoms with van der Waals surface area (Å²) in [5.41, 5.74) is 15.0. The topological polar surface area (TPSA) is 306 Å². The molecule has 0 bridgehead atoms. The fraction of sp³-hybridized carbons (Fsp3) is 0.421. The molecule has 26 heteroatoms. The molecule has 0 fully saturated rings. The number of amides is 3. The number of benzene rings is 5. The first-order valence-corrected chi connectivity index (χ1v) is 37.4. The number of carbonyl (C=O) groups is 6. The van der Waals surface area contributed by atoms with E-state index in [1.807, 2.05) is 148 Å².